The fraction of sp³-hybridized carbons (Fsp3) is 0.412. The maximum absolute atomic E-state index is 13.9. The molecule has 2 aromatic heterocycles. The van der Waals surface area contributed by atoms with Crippen LogP contribution in [0.2, 0.25) is 0 Å². The second kappa shape index (κ2) is 12.9. The summed E-state index contributed by atoms with van der Waals surface area (Å²) >= 11 is 1.58. The van der Waals surface area contributed by atoms with E-state index >= 15 is 0 Å². The number of fused-ring (bicyclic) bond motifs is 1. The Morgan fingerprint density at radius 3 is 2.52 bits per heavy atom. The standard InChI is InChI=1S/C34H40N4O5S/c1-6-21-9-12-26-24(18-43-28(26)13-21)14-29(40)37-31(34(3,4)5)33(42)38-17-25(39)15-27(38)32(41)35-16-22-7-10-23(11-8-22)30-20(2)36-19-44-30/h7-13,18-19,25,27,31,39H,6,14-17H2,1-5H3,(H,35,41)(H,37,40)/t25-,27+,31+/m1/s1. The quantitative estimate of drug-likeness (QED) is 0.249. The van der Waals surface area contributed by atoms with E-state index in [0.29, 0.717) is 0 Å². The topological polar surface area (TPSA) is 125 Å². The molecule has 1 aliphatic heterocycles. The van der Waals surface area contributed by atoms with E-state index in [-0.39, 0.29) is 37.7 Å². The Hall–Kier alpha value is -4.02. The predicted molar refractivity (Wildman–Crippen MR) is 171 cm³/mol. The van der Waals surface area contributed by atoms with E-state index in [0.717, 1.165) is 50.2 Å². The third-order valence-electron chi connectivity index (χ3n) is 8.19. The van der Waals surface area contributed by atoms with Gasteiger partial charge < -0.3 is 25.1 Å². The van der Waals surface area contributed by atoms with Crippen LogP contribution < -0.4 is 10.6 Å². The number of furan rings is 1. The molecule has 1 saturated heterocycles. The van der Waals surface area contributed by atoms with Gasteiger partial charge in [-0.3, -0.25) is 14.4 Å². The normalized spacial score (nSPS) is 17.5. The van der Waals surface area contributed by atoms with Crippen molar-refractivity contribution >= 4 is 40.0 Å². The summed E-state index contributed by atoms with van der Waals surface area (Å²) < 4.78 is 5.70. The largest absolute Gasteiger partial charge is 0.464 e. The summed E-state index contributed by atoms with van der Waals surface area (Å²) in [6.45, 7) is 9.96. The summed E-state index contributed by atoms with van der Waals surface area (Å²) in [5, 5.41) is 17.2. The molecule has 3 heterocycles. The molecule has 232 valence electrons. The summed E-state index contributed by atoms with van der Waals surface area (Å²) in [6.07, 6.45) is 1.81. The summed E-state index contributed by atoms with van der Waals surface area (Å²) in [4.78, 5) is 47.3. The molecule has 3 atom stereocenters. The molecule has 3 N–H and O–H groups in total. The molecule has 0 aliphatic carbocycles. The van der Waals surface area contributed by atoms with Crippen molar-refractivity contribution in [2.75, 3.05) is 6.54 Å². The smallest absolute Gasteiger partial charge is 0.246 e. The minimum atomic E-state index is -0.900. The van der Waals surface area contributed by atoms with Crippen LogP contribution in [-0.2, 0) is 33.8 Å². The molecular formula is C34H40N4O5S. The number of hydrogen-bond donors (Lipinski definition) is 3. The molecule has 1 fully saturated rings. The number of thiazole rings is 1. The summed E-state index contributed by atoms with van der Waals surface area (Å²) in [5.41, 5.74) is 6.74. The molecule has 0 radical (unpaired) electrons. The van der Waals surface area contributed by atoms with Crippen molar-refractivity contribution in [3.05, 3.63) is 76.6 Å². The lowest BCUT2D eigenvalue weighted by molar-refractivity contribution is -0.144. The molecule has 0 bridgehead atoms. The van der Waals surface area contributed by atoms with Gasteiger partial charge >= 0.3 is 0 Å². The Morgan fingerprint density at radius 1 is 1.14 bits per heavy atom. The zero-order valence-electron chi connectivity index (χ0n) is 25.8. The van der Waals surface area contributed by atoms with Gasteiger partial charge in [-0.05, 0) is 41.5 Å². The second-order valence-electron chi connectivity index (χ2n) is 12.6. The zero-order chi connectivity index (χ0) is 31.6. The first-order valence-corrected chi connectivity index (χ1v) is 15.9. The first-order chi connectivity index (χ1) is 20.9. The minimum absolute atomic E-state index is 0.0222. The van der Waals surface area contributed by atoms with Crippen LogP contribution in [0.15, 0.2) is 58.7 Å². The highest BCUT2D eigenvalue weighted by Gasteiger charge is 2.44. The van der Waals surface area contributed by atoms with E-state index in [1.54, 1.807) is 17.6 Å². The van der Waals surface area contributed by atoms with Crippen molar-refractivity contribution in [1.29, 1.82) is 0 Å². The van der Waals surface area contributed by atoms with Gasteiger partial charge in [-0.2, -0.15) is 0 Å². The fourth-order valence-electron chi connectivity index (χ4n) is 5.65. The van der Waals surface area contributed by atoms with Crippen molar-refractivity contribution in [3.8, 4) is 10.4 Å². The number of aromatic nitrogens is 1. The van der Waals surface area contributed by atoms with Crippen LogP contribution in [-0.4, -0.2) is 57.4 Å². The highest BCUT2D eigenvalue weighted by molar-refractivity contribution is 7.13. The number of aryl methyl sites for hydroxylation is 2. The van der Waals surface area contributed by atoms with Crippen LogP contribution in [0.1, 0.15) is 56.5 Å². The molecule has 3 amide bonds. The van der Waals surface area contributed by atoms with Crippen LogP contribution >= 0.6 is 11.3 Å². The molecule has 5 rings (SSSR count). The first kappa shape index (κ1) is 31.4. The number of benzene rings is 2. The van der Waals surface area contributed by atoms with Crippen molar-refractivity contribution in [3.63, 3.8) is 0 Å². The number of aliphatic hydroxyl groups is 1. The Labute approximate surface area is 261 Å². The summed E-state index contributed by atoms with van der Waals surface area (Å²) in [7, 11) is 0. The average Bonchev–Trinajstić information content (AvgIpc) is 3.72. The zero-order valence-corrected chi connectivity index (χ0v) is 26.7. The van der Waals surface area contributed by atoms with E-state index in [2.05, 4.69) is 22.5 Å². The monoisotopic (exact) mass is 616 g/mol. The van der Waals surface area contributed by atoms with E-state index in [1.807, 2.05) is 75.7 Å². The summed E-state index contributed by atoms with van der Waals surface area (Å²) in [6, 6.07) is 12.1. The van der Waals surface area contributed by atoms with Gasteiger partial charge in [-0.1, -0.05) is 64.1 Å². The van der Waals surface area contributed by atoms with Crippen LogP contribution in [0, 0.1) is 12.3 Å². The number of carbonyl (C=O) groups is 3. The summed E-state index contributed by atoms with van der Waals surface area (Å²) in [5.74, 6) is -1.05. The van der Waals surface area contributed by atoms with E-state index in [4.69, 9.17) is 4.42 Å². The number of likely N-dealkylation sites (tertiary alicyclic amines) is 1. The number of nitrogens with zero attached hydrogens (tertiary/aromatic N) is 2. The number of β-amino-alcohol motifs (C(OH)–C–C–N with tert-alkyl or cyclic N) is 1. The van der Waals surface area contributed by atoms with Gasteiger partial charge in [0.25, 0.3) is 0 Å². The molecule has 0 spiro atoms. The van der Waals surface area contributed by atoms with Gasteiger partial charge in [-0.15, -0.1) is 11.3 Å². The number of carbonyl (C=O) groups excluding carboxylic acids is 3. The molecule has 44 heavy (non-hydrogen) atoms. The van der Waals surface area contributed by atoms with Crippen molar-refractivity contribution in [2.45, 2.75) is 78.6 Å². The Kier molecular flexibility index (Phi) is 9.22. The lowest BCUT2D eigenvalue weighted by Gasteiger charge is -2.35. The van der Waals surface area contributed by atoms with Crippen molar-refractivity contribution < 1.29 is 23.9 Å². The maximum atomic E-state index is 13.9. The highest BCUT2D eigenvalue weighted by Crippen LogP contribution is 2.29. The number of rotatable bonds is 9. The second-order valence-corrected chi connectivity index (χ2v) is 13.4. The third-order valence-corrected chi connectivity index (χ3v) is 9.17. The molecule has 1 aliphatic rings. The highest BCUT2D eigenvalue weighted by atomic mass is 32.1. The van der Waals surface area contributed by atoms with Crippen LogP contribution in [0.5, 0.6) is 0 Å². The molecule has 2 aromatic carbocycles. The van der Waals surface area contributed by atoms with E-state index < -0.39 is 29.5 Å². The molecule has 0 unspecified atom stereocenters. The lowest BCUT2D eigenvalue weighted by Crippen LogP contribution is -2.58. The van der Waals surface area contributed by atoms with Crippen LogP contribution in [0.4, 0.5) is 0 Å². The van der Waals surface area contributed by atoms with E-state index in [1.165, 1.54) is 4.90 Å². The van der Waals surface area contributed by atoms with Crippen molar-refractivity contribution in [2.24, 2.45) is 5.41 Å². The SMILES string of the molecule is CCc1ccc2c(CC(=O)N[C@@H](C(=O)N3C[C@H](O)C[C@H]3C(=O)NCc3ccc(-c4scnc4C)cc3)C(C)(C)C)coc2c1. The van der Waals surface area contributed by atoms with E-state index in [9.17, 15) is 19.5 Å². The predicted octanol–water partition coefficient (Wildman–Crippen LogP) is 4.78. The van der Waals surface area contributed by atoms with Gasteiger partial charge in [0.1, 0.15) is 17.7 Å². The van der Waals surface area contributed by atoms with Gasteiger partial charge in [0, 0.05) is 30.5 Å². The van der Waals surface area contributed by atoms with Gasteiger partial charge in [0.2, 0.25) is 17.7 Å². The Balaban J connectivity index is 1.24. The number of aliphatic hydroxyl groups excluding tert-OH is 1. The minimum Gasteiger partial charge on any atom is -0.464 e. The third kappa shape index (κ3) is 6.87. The van der Waals surface area contributed by atoms with Crippen LogP contribution in [0.3, 0.4) is 0 Å². The maximum Gasteiger partial charge on any atom is 0.246 e. The molecule has 9 nitrogen and oxygen atoms in total. The molecular weight excluding hydrogens is 576 g/mol. The fourth-order valence-corrected chi connectivity index (χ4v) is 6.46. The van der Waals surface area contributed by atoms with Crippen molar-refractivity contribution in [1.82, 2.24) is 20.5 Å². The van der Waals surface area contributed by atoms with Gasteiger partial charge in [-0.25, -0.2) is 4.98 Å². The molecule has 10 heteroatoms. The van der Waals surface area contributed by atoms with Crippen LogP contribution in [0.25, 0.3) is 21.4 Å². The number of nitrogens with one attached hydrogen (secondary N) is 2. The lowest BCUT2D eigenvalue weighted by atomic mass is 9.85. The molecule has 0 saturated carbocycles. The number of hydrogen-bond acceptors (Lipinski definition) is 7. The number of amides is 3. The Bertz CT molecular complexity index is 1650. The Morgan fingerprint density at radius 2 is 1.86 bits per heavy atom. The average molecular weight is 617 g/mol. The molecule has 4 aromatic rings. The first-order valence-electron chi connectivity index (χ1n) is 15.0. The van der Waals surface area contributed by atoms with Gasteiger partial charge in [0.05, 0.1) is 34.9 Å². The van der Waals surface area contributed by atoms with Gasteiger partial charge in [0.15, 0.2) is 0 Å².